The number of alkyl halides is 3. The molecule has 0 bridgehead atoms. The van der Waals surface area contributed by atoms with Crippen molar-refractivity contribution >= 4 is 28.7 Å². The lowest BCUT2D eigenvalue weighted by Gasteiger charge is -2.32. The molecule has 2 amide bonds. The van der Waals surface area contributed by atoms with Crippen molar-refractivity contribution in [3.05, 3.63) is 61.7 Å². The molecule has 7 rings (SSSR count). The highest BCUT2D eigenvalue weighted by Crippen LogP contribution is 2.46. The number of nitrogens with one attached hydrogen (secondary N) is 1. The molecule has 0 spiro atoms. The summed E-state index contributed by atoms with van der Waals surface area (Å²) in [6, 6.07) is 0.743. The van der Waals surface area contributed by atoms with Crippen molar-refractivity contribution in [1.82, 2.24) is 19.8 Å². The molecule has 2 aromatic heterocycles. The normalized spacial score (nSPS) is 23.4. The minimum atomic E-state index is -5.12. The van der Waals surface area contributed by atoms with E-state index in [-0.39, 0.29) is 62.0 Å². The van der Waals surface area contributed by atoms with E-state index in [9.17, 15) is 37.5 Å². The Morgan fingerprint density at radius 2 is 1.93 bits per heavy atom. The van der Waals surface area contributed by atoms with Crippen LogP contribution in [0.4, 0.5) is 17.6 Å². The number of likely N-dealkylation sites (tertiary alicyclic amines) is 1. The molecular formula is C31H28F4N4O6. The fourth-order valence-electron chi connectivity index (χ4n) is 7.41. The van der Waals surface area contributed by atoms with Crippen LogP contribution in [0.1, 0.15) is 72.0 Å². The SMILES string of the molecule is CC[C@@]1(O)C(=O)OCc2c1cc1n(c2=O)Cc2c-1nc1cc(F)c(C)c3c1c2[C@@H](NC(=O)[C@@H]1CCCN1C(=O)C(F)(F)F)CC3. The lowest BCUT2D eigenvalue weighted by atomic mass is 9.81. The van der Waals surface area contributed by atoms with Crippen LogP contribution in [0.5, 0.6) is 0 Å². The van der Waals surface area contributed by atoms with Gasteiger partial charge in [-0.25, -0.2) is 14.2 Å². The predicted molar refractivity (Wildman–Crippen MR) is 149 cm³/mol. The van der Waals surface area contributed by atoms with E-state index in [2.05, 4.69) is 5.32 Å². The van der Waals surface area contributed by atoms with Gasteiger partial charge in [-0.1, -0.05) is 6.92 Å². The van der Waals surface area contributed by atoms with Crippen molar-refractivity contribution in [2.24, 2.45) is 0 Å². The van der Waals surface area contributed by atoms with Crippen molar-refractivity contribution in [2.45, 2.75) is 83.0 Å². The zero-order valence-electron chi connectivity index (χ0n) is 24.3. The first kappa shape index (κ1) is 29.4. The molecule has 3 atom stereocenters. The van der Waals surface area contributed by atoms with Gasteiger partial charge in [0.05, 0.1) is 35.1 Å². The molecule has 1 saturated heterocycles. The van der Waals surface area contributed by atoms with Crippen LogP contribution in [0, 0.1) is 12.7 Å². The maximum Gasteiger partial charge on any atom is 0.471 e. The summed E-state index contributed by atoms with van der Waals surface area (Å²) in [7, 11) is 0. The topological polar surface area (TPSA) is 131 Å². The number of cyclic esters (lactones) is 1. The molecule has 2 N–H and O–H groups in total. The van der Waals surface area contributed by atoms with Gasteiger partial charge in [0.15, 0.2) is 5.60 Å². The number of pyridine rings is 2. The first-order valence-electron chi connectivity index (χ1n) is 14.8. The van der Waals surface area contributed by atoms with Crippen molar-refractivity contribution < 1.29 is 41.8 Å². The minimum Gasteiger partial charge on any atom is -0.458 e. The molecule has 3 aromatic rings. The highest BCUT2D eigenvalue weighted by Gasteiger charge is 2.49. The van der Waals surface area contributed by atoms with Gasteiger partial charge in [0.1, 0.15) is 18.5 Å². The summed E-state index contributed by atoms with van der Waals surface area (Å²) in [6.07, 6.45) is -4.24. The van der Waals surface area contributed by atoms with Crippen LogP contribution < -0.4 is 10.9 Å². The standard InChI is InChI=1S/C31H28F4N4O6/c1-3-30(44)17-9-22-25-15(11-39(22)27(41)16(17)12-45-29(30)43)24-19(7-6-14-13(2)18(32)10-20(36-25)23(14)24)37-26(40)21-5-4-8-38(21)28(42)31(33,34)35/h9-10,19,21,44H,3-8,11-12H2,1-2H3,(H,37,40)/t19-,21-,30-/m0/s1. The number of amides is 2. The Balaban J connectivity index is 1.38. The monoisotopic (exact) mass is 628 g/mol. The van der Waals surface area contributed by atoms with Crippen LogP contribution >= 0.6 is 0 Å². The number of aryl methyl sites for hydroxylation is 1. The van der Waals surface area contributed by atoms with Crippen molar-refractivity contribution in [3.8, 4) is 11.4 Å². The average Bonchev–Trinajstić information content (AvgIpc) is 3.63. The van der Waals surface area contributed by atoms with Gasteiger partial charge in [-0.3, -0.25) is 14.4 Å². The van der Waals surface area contributed by atoms with Gasteiger partial charge in [0.25, 0.3) is 5.56 Å². The molecule has 4 aliphatic rings. The van der Waals surface area contributed by atoms with Gasteiger partial charge in [-0.05, 0) is 61.8 Å². The highest BCUT2D eigenvalue weighted by atomic mass is 19.4. The van der Waals surface area contributed by atoms with E-state index in [1.165, 1.54) is 16.7 Å². The number of fused-ring (bicyclic) bond motifs is 5. The van der Waals surface area contributed by atoms with E-state index in [0.717, 1.165) is 0 Å². The molecular weight excluding hydrogens is 600 g/mol. The first-order chi connectivity index (χ1) is 21.3. The molecule has 10 nitrogen and oxygen atoms in total. The Morgan fingerprint density at radius 1 is 1.18 bits per heavy atom. The number of rotatable bonds is 3. The Hall–Kier alpha value is -4.33. The summed E-state index contributed by atoms with van der Waals surface area (Å²) in [5.41, 5.74) is 0.751. The van der Waals surface area contributed by atoms with E-state index < -0.39 is 53.0 Å². The van der Waals surface area contributed by atoms with Gasteiger partial charge < -0.3 is 24.6 Å². The highest BCUT2D eigenvalue weighted by molar-refractivity contribution is 5.95. The number of nitrogens with zero attached hydrogens (tertiary/aromatic N) is 3. The molecule has 14 heteroatoms. The third-order valence-corrected chi connectivity index (χ3v) is 9.75. The van der Waals surface area contributed by atoms with Crippen LogP contribution in [0.2, 0.25) is 0 Å². The number of benzene rings is 1. The third kappa shape index (κ3) is 4.14. The summed E-state index contributed by atoms with van der Waals surface area (Å²) < 4.78 is 61.5. The molecule has 1 aromatic carbocycles. The van der Waals surface area contributed by atoms with Gasteiger partial charge in [0, 0.05) is 29.1 Å². The van der Waals surface area contributed by atoms with Crippen molar-refractivity contribution in [3.63, 3.8) is 0 Å². The Bertz CT molecular complexity index is 1920. The first-order valence-corrected chi connectivity index (χ1v) is 14.8. The Labute approximate surface area is 253 Å². The van der Waals surface area contributed by atoms with E-state index in [1.807, 2.05) is 0 Å². The van der Waals surface area contributed by atoms with Gasteiger partial charge in [-0.15, -0.1) is 0 Å². The number of carbonyl (C=O) groups is 3. The van der Waals surface area contributed by atoms with E-state index in [0.29, 0.717) is 50.3 Å². The number of carbonyl (C=O) groups excluding carboxylic acids is 3. The summed E-state index contributed by atoms with van der Waals surface area (Å²) in [4.78, 5) is 57.2. The molecule has 1 aliphatic carbocycles. The van der Waals surface area contributed by atoms with Crippen LogP contribution in [0.15, 0.2) is 16.9 Å². The van der Waals surface area contributed by atoms with Gasteiger partial charge >= 0.3 is 18.1 Å². The lowest BCUT2D eigenvalue weighted by molar-refractivity contribution is -0.186. The Kier molecular flexibility index (Phi) is 6.42. The Morgan fingerprint density at radius 3 is 2.64 bits per heavy atom. The molecule has 5 heterocycles. The summed E-state index contributed by atoms with van der Waals surface area (Å²) in [6.45, 7) is 2.71. The van der Waals surface area contributed by atoms with Crippen LogP contribution in [-0.2, 0) is 44.3 Å². The maximum absolute atomic E-state index is 15.1. The minimum absolute atomic E-state index is 0.0118. The smallest absolute Gasteiger partial charge is 0.458 e. The van der Waals surface area contributed by atoms with E-state index in [4.69, 9.17) is 9.72 Å². The number of hydrogen-bond acceptors (Lipinski definition) is 7. The van der Waals surface area contributed by atoms with Crippen LogP contribution in [0.25, 0.3) is 22.3 Å². The third-order valence-electron chi connectivity index (χ3n) is 9.75. The number of aromatic nitrogens is 2. The van der Waals surface area contributed by atoms with E-state index >= 15 is 4.39 Å². The molecule has 236 valence electrons. The quantitative estimate of drug-likeness (QED) is 0.263. The van der Waals surface area contributed by atoms with Gasteiger partial charge in [0.2, 0.25) is 5.91 Å². The summed E-state index contributed by atoms with van der Waals surface area (Å²) in [5, 5.41) is 14.7. The number of ether oxygens (including phenoxy) is 1. The number of hydrogen-bond donors (Lipinski definition) is 2. The number of aliphatic hydroxyl groups is 1. The summed E-state index contributed by atoms with van der Waals surface area (Å²) in [5.74, 6) is -4.17. The van der Waals surface area contributed by atoms with E-state index in [1.54, 1.807) is 13.8 Å². The fourth-order valence-corrected chi connectivity index (χ4v) is 7.41. The predicted octanol–water partition coefficient (Wildman–Crippen LogP) is 3.18. The molecule has 0 saturated carbocycles. The zero-order valence-corrected chi connectivity index (χ0v) is 24.3. The number of halogens is 4. The van der Waals surface area contributed by atoms with Crippen molar-refractivity contribution in [1.29, 1.82) is 0 Å². The second-order valence-corrected chi connectivity index (χ2v) is 12.1. The maximum atomic E-state index is 15.1. The van der Waals surface area contributed by atoms with Crippen molar-refractivity contribution in [2.75, 3.05) is 6.54 Å². The zero-order chi connectivity index (χ0) is 32.2. The largest absolute Gasteiger partial charge is 0.471 e. The molecule has 45 heavy (non-hydrogen) atoms. The fraction of sp³-hybridized carbons (Fsp3) is 0.452. The molecule has 1 fully saturated rings. The molecule has 0 radical (unpaired) electrons. The van der Waals surface area contributed by atoms with Gasteiger partial charge in [-0.2, -0.15) is 13.2 Å². The van der Waals surface area contributed by atoms with Crippen LogP contribution in [0.3, 0.4) is 0 Å². The lowest BCUT2D eigenvalue weighted by Crippen LogP contribution is -2.51. The molecule has 3 aliphatic heterocycles. The second-order valence-electron chi connectivity index (χ2n) is 12.1. The average molecular weight is 629 g/mol. The summed E-state index contributed by atoms with van der Waals surface area (Å²) >= 11 is 0. The van der Waals surface area contributed by atoms with Crippen LogP contribution in [-0.4, -0.2) is 56.1 Å². The second kappa shape index (κ2) is 9.83. The molecule has 0 unspecified atom stereocenters. The number of esters is 1.